The van der Waals surface area contributed by atoms with Crippen LogP contribution in [0.4, 0.5) is 8.78 Å². The van der Waals surface area contributed by atoms with E-state index in [0.717, 1.165) is 19.6 Å². The maximum Gasteiger partial charge on any atom is 0.303 e. The monoisotopic (exact) mass is 250 g/mol. The molecule has 0 saturated carbocycles. The van der Waals surface area contributed by atoms with Gasteiger partial charge in [0.15, 0.2) is 0 Å². The van der Waals surface area contributed by atoms with Gasteiger partial charge < -0.3 is 15.3 Å². The van der Waals surface area contributed by atoms with Gasteiger partial charge in [-0.05, 0) is 18.9 Å². The molecule has 100 valence electrons. The number of nitrogens with zero attached hydrogens (tertiary/aromatic N) is 1. The quantitative estimate of drug-likeness (QED) is 0.739. The number of hydrogen-bond donors (Lipinski definition) is 2. The molecule has 6 heteroatoms. The Balaban J connectivity index is 2.44. The van der Waals surface area contributed by atoms with Gasteiger partial charge in [0, 0.05) is 25.6 Å². The van der Waals surface area contributed by atoms with E-state index in [1.54, 1.807) is 0 Å². The Morgan fingerprint density at radius 3 is 2.76 bits per heavy atom. The molecule has 2 unspecified atom stereocenters. The van der Waals surface area contributed by atoms with E-state index in [1.165, 1.54) is 0 Å². The van der Waals surface area contributed by atoms with E-state index in [9.17, 15) is 13.6 Å². The molecule has 1 aliphatic heterocycles. The number of piperidine rings is 1. The van der Waals surface area contributed by atoms with Crippen LogP contribution in [-0.4, -0.2) is 54.6 Å². The average Bonchev–Trinajstić information content (AvgIpc) is 2.25. The number of hydrogen-bond acceptors (Lipinski definition) is 3. The second kappa shape index (κ2) is 6.86. The van der Waals surface area contributed by atoms with Crippen LogP contribution >= 0.6 is 0 Å². The molecule has 1 heterocycles. The van der Waals surface area contributed by atoms with Crippen LogP contribution in [0.1, 0.15) is 19.8 Å². The summed E-state index contributed by atoms with van der Waals surface area (Å²) in [6, 6.07) is -0.0259. The molecule has 0 amide bonds. The maximum absolute atomic E-state index is 12.1. The highest BCUT2D eigenvalue weighted by Gasteiger charge is 2.27. The number of nitrogens with one attached hydrogen (secondary N) is 1. The number of rotatable bonds is 6. The highest BCUT2D eigenvalue weighted by atomic mass is 19.3. The van der Waals surface area contributed by atoms with Crippen molar-refractivity contribution < 1.29 is 18.7 Å². The lowest BCUT2D eigenvalue weighted by Gasteiger charge is -2.37. The molecule has 17 heavy (non-hydrogen) atoms. The fraction of sp³-hybridized carbons (Fsp3) is 0.909. The van der Waals surface area contributed by atoms with Gasteiger partial charge in [0.1, 0.15) is 0 Å². The highest BCUT2D eigenvalue weighted by Crippen LogP contribution is 2.20. The second-order valence-electron chi connectivity index (χ2n) is 4.55. The summed E-state index contributed by atoms with van der Waals surface area (Å²) in [4.78, 5) is 12.8. The Kier molecular flexibility index (Phi) is 5.77. The van der Waals surface area contributed by atoms with Crippen LogP contribution < -0.4 is 5.32 Å². The van der Waals surface area contributed by atoms with E-state index in [-0.39, 0.29) is 24.9 Å². The number of likely N-dealkylation sites (N-methyl/N-ethyl adjacent to an activating group) is 1. The Labute approximate surface area is 100.0 Å². The fourth-order valence-electron chi connectivity index (χ4n) is 2.36. The Morgan fingerprint density at radius 2 is 2.24 bits per heavy atom. The van der Waals surface area contributed by atoms with E-state index < -0.39 is 12.4 Å². The molecule has 1 fully saturated rings. The molecule has 0 spiro atoms. The summed E-state index contributed by atoms with van der Waals surface area (Å²) in [5.74, 6) is -0.767. The molecular formula is C11H20F2N2O2. The van der Waals surface area contributed by atoms with Crippen molar-refractivity contribution in [2.75, 3.05) is 26.2 Å². The van der Waals surface area contributed by atoms with Crippen LogP contribution in [0.25, 0.3) is 0 Å². The van der Waals surface area contributed by atoms with Crippen LogP contribution in [0.2, 0.25) is 0 Å². The summed E-state index contributed by atoms with van der Waals surface area (Å²) in [6.45, 7) is 3.97. The first-order valence-electron chi connectivity index (χ1n) is 5.97. The molecule has 0 radical (unpaired) electrons. The van der Waals surface area contributed by atoms with Crippen LogP contribution in [0.3, 0.4) is 0 Å². The molecule has 4 nitrogen and oxygen atoms in total. The molecule has 0 aromatic rings. The zero-order valence-corrected chi connectivity index (χ0v) is 10.0. The summed E-state index contributed by atoms with van der Waals surface area (Å²) in [5, 5.41) is 11.6. The third-order valence-corrected chi connectivity index (χ3v) is 3.08. The molecule has 2 atom stereocenters. The predicted molar refractivity (Wildman–Crippen MR) is 60.3 cm³/mol. The van der Waals surface area contributed by atoms with Crippen molar-refractivity contribution >= 4 is 5.97 Å². The Hall–Kier alpha value is -0.750. The summed E-state index contributed by atoms with van der Waals surface area (Å²) in [5.41, 5.74) is 0. The molecule has 0 bridgehead atoms. The van der Waals surface area contributed by atoms with Gasteiger partial charge in [0.25, 0.3) is 6.43 Å². The number of halogens is 2. The molecule has 0 aliphatic carbocycles. The lowest BCUT2D eigenvalue weighted by molar-refractivity contribution is -0.138. The van der Waals surface area contributed by atoms with Gasteiger partial charge in [-0.2, -0.15) is 0 Å². The van der Waals surface area contributed by atoms with Crippen molar-refractivity contribution in [2.24, 2.45) is 5.92 Å². The third-order valence-electron chi connectivity index (χ3n) is 3.08. The summed E-state index contributed by atoms with van der Waals surface area (Å²) < 4.78 is 24.2. The molecule has 2 N–H and O–H groups in total. The SMILES string of the molecule is CCN1CC(CC(=O)O)CC(NCC(F)F)C1. The highest BCUT2D eigenvalue weighted by molar-refractivity contribution is 5.67. The van der Waals surface area contributed by atoms with Gasteiger partial charge >= 0.3 is 5.97 Å². The molecule has 1 rings (SSSR count). The minimum absolute atomic E-state index is 0.0259. The molecular weight excluding hydrogens is 230 g/mol. The minimum atomic E-state index is -2.36. The van der Waals surface area contributed by atoms with Gasteiger partial charge in [-0.15, -0.1) is 0 Å². The van der Waals surface area contributed by atoms with Gasteiger partial charge in [-0.3, -0.25) is 4.79 Å². The number of alkyl halides is 2. The van der Waals surface area contributed by atoms with E-state index in [1.807, 2.05) is 6.92 Å². The first kappa shape index (κ1) is 14.3. The van der Waals surface area contributed by atoms with Crippen LogP contribution in [0, 0.1) is 5.92 Å². The number of likely N-dealkylation sites (tertiary alicyclic amines) is 1. The summed E-state index contributed by atoms with van der Waals surface area (Å²) >= 11 is 0. The number of carboxylic acid groups (broad SMARTS) is 1. The van der Waals surface area contributed by atoms with Crippen molar-refractivity contribution in [3.63, 3.8) is 0 Å². The van der Waals surface area contributed by atoms with Crippen LogP contribution in [0.5, 0.6) is 0 Å². The average molecular weight is 250 g/mol. The zero-order valence-electron chi connectivity index (χ0n) is 10.0. The van der Waals surface area contributed by atoms with Crippen LogP contribution in [0.15, 0.2) is 0 Å². The van der Waals surface area contributed by atoms with Gasteiger partial charge in [-0.1, -0.05) is 6.92 Å². The van der Waals surface area contributed by atoms with E-state index in [4.69, 9.17) is 5.11 Å². The molecule has 1 aliphatic rings. The number of aliphatic carboxylic acids is 1. The minimum Gasteiger partial charge on any atom is -0.481 e. The van der Waals surface area contributed by atoms with Crippen molar-refractivity contribution in [3.05, 3.63) is 0 Å². The lowest BCUT2D eigenvalue weighted by atomic mass is 9.91. The van der Waals surface area contributed by atoms with E-state index in [2.05, 4.69) is 10.2 Å². The van der Waals surface area contributed by atoms with Gasteiger partial charge in [-0.25, -0.2) is 8.78 Å². The standard InChI is InChI=1S/C11H20F2N2O2/c1-2-15-6-8(4-11(16)17)3-9(7-15)14-5-10(12)13/h8-10,14H,2-7H2,1H3,(H,16,17). The molecule has 1 saturated heterocycles. The first-order valence-corrected chi connectivity index (χ1v) is 5.97. The van der Waals surface area contributed by atoms with Gasteiger partial charge in [0.05, 0.1) is 6.54 Å². The molecule has 0 aromatic heterocycles. The topological polar surface area (TPSA) is 52.6 Å². The summed E-state index contributed by atoms with van der Waals surface area (Å²) in [7, 11) is 0. The maximum atomic E-state index is 12.1. The normalized spacial score (nSPS) is 26.4. The van der Waals surface area contributed by atoms with Gasteiger partial charge in [0.2, 0.25) is 0 Å². The lowest BCUT2D eigenvalue weighted by Crippen LogP contribution is -2.50. The third kappa shape index (κ3) is 5.41. The zero-order chi connectivity index (χ0) is 12.8. The van der Waals surface area contributed by atoms with Crippen molar-refractivity contribution in [1.29, 1.82) is 0 Å². The number of carbonyl (C=O) groups is 1. The van der Waals surface area contributed by atoms with E-state index in [0.29, 0.717) is 6.42 Å². The first-order chi connectivity index (χ1) is 8.01. The van der Waals surface area contributed by atoms with Crippen LogP contribution in [-0.2, 0) is 4.79 Å². The van der Waals surface area contributed by atoms with Crippen molar-refractivity contribution in [3.8, 4) is 0 Å². The fourth-order valence-corrected chi connectivity index (χ4v) is 2.36. The Bertz CT molecular complexity index is 252. The summed E-state index contributed by atoms with van der Waals surface area (Å²) in [6.07, 6.45) is -1.58. The Morgan fingerprint density at radius 1 is 1.53 bits per heavy atom. The predicted octanol–water partition coefficient (Wildman–Crippen LogP) is 1.03. The second-order valence-corrected chi connectivity index (χ2v) is 4.55. The largest absolute Gasteiger partial charge is 0.481 e. The smallest absolute Gasteiger partial charge is 0.303 e. The van der Waals surface area contributed by atoms with E-state index >= 15 is 0 Å². The van der Waals surface area contributed by atoms with Crippen molar-refractivity contribution in [2.45, 2.75) is 32.2 Å². The molecule has 0 aromatic carbocycles. The van der Waals surface area contributed by atoms with Crippen molar-refractivity contribution in [1.82, 2.24) is 10.2 Å². The number of carboxylic acids is 1.